The molecule has 1 aliphatic carbocycles. The van der Waals surface area contributed by atoms with E-state index in [1.807, 2.05) is 0 Å². The average Bonchev–Trinajstić information content (AvgIpc) is 2.64. The highest BCUT2D eigenvalue weighted by molar-refractivity contribution is 9.10. The summed E-state index contributed by atoms with van der Waals surface area (Å²) < 4.78 is 39.4. The van der Waals surface area contributed by atoms with Crippen LogP contribution < -0.4 is 5.73 Å². The molecular weight excluding hydrogens is 295 g/mol. The molecule has 2 N–H and O–H groups in total. The Morgan fingerprint density at radius 2 is 1.76 bits per heavy atom. The highest BCUT2D eigenvalue weighted by atomic mass is 79.9. The monoisotopic (exact) mass is 307 g/mol. The number of alkyl halides is 3. The molecular formula is C12H13BrF3N. The predicted molar refractivity (Wildman–Crippen MR) is 63.5 cm³/mol. The van der Waals surface area contributed by atoms with E-state index in [1.54, 1.807) is 6.07 Å². The Kier molecular flexibility index (Phi) is 3.25. The second kappa shape index (κ2) is 4.28. The Morgan fingerprint density at radius 1 is 1.18 bits per heavy atom. The molecule has 17 heavy (non-hydrogen) atoms. The summed E-state index contributed by atoms with van der Waals surface area (Å²) in [5.41, 5.74) is 4.90. The van der Waals surface area contributed by atoms with Crippen LogP contribution >= 0.6 is 15.9 Å². The molecule has 0 spiro atoms. The van der Waals surface area contributed by atoms with Crippen LogP contribution in [0.3, 0.4) is 0 Å². The molecule has 1 saturated carbocycles. The van der Waals surface area contributed by atoms with Gasteiger partial charge in [0, 0.05) is 10.0 Å². The van der Waals surface area contributed by atoms with Crippen LogP contribution in [0.5, 0.6) is 0 Å². The second-order valence-electron chi connectivity index (χ2n) is 4.52. The van der Waals surface area contributed by atoms with Crippen molar-refractivity contribution in [1.29, 1.82) is 0 Å². The molecule has 1 aromatic rings. The molecule has 0 atom stereocenters. The van der Waals surface area contributed by atoms with E-state index in [0.29, 0.717) is 17.3 Å². The molecule has 0 unspecified atom stereocenters. The van der Waals surface area contributed by atoms with Gasteiger partial charge in [0.15, 0.2) is 0 Å². The molecule has 0 aliphatic heterocycles. The summed E-state index contributed by atoms with van der Waals surface area (Å²) in [5, 5.41) is 0. The van der Waals surface area contributed by atoms with E-state index in [-0.39, 0.29) is 5.56 Å². The highest BCUT2D eigenvalue weighted by Gasteiger charge is 2.42. The third-order valence-electron chi connectivity index (χ3n) is 3.31. The van der Waals surface area contributed by atoms with Gasteiger partial charge in [-0.1, -0.05) is 34.8 Å². The fourth-order valence-electron chi connectivity index (χ4n) is 2.52. The molecule has 2 rings (SSSR count). The maximum Gasteiger partial charge on any atom is 0.416 e. The van der Waals surface area contributed by atoms with E-state index in [1.165, 1.54) is 6.07 Å². The third-order valence-corrected chi connectivity index (χ3v) is 3.97. The van der Waals surface area contributed by atoms with Crippen LogP contribution in [0, 0.1) is 0 Å². The van der Waals surface area contributed by atoms with Gasteiger partial charge in [0.2, 0.25) is 0 Å². The van der Waals surface area contributed by atoms with Gasteiger partial charge in [-0.2, -0.15) is 13.2 Å². The Labute approximate surface area is 106 Å². The van der Waals surface area contributed by atoms with E-state index >= 15 is 0 Å². The van der Waals surface area contributed by atoms with Gasteiger partial charge in [-0.05, 0) is 30.5 Å². The van der Waals surface area contributed by atoms with Crippen molar-refractivity contribution in [3.05, 3.63) is 33.8 Å². The quantitative estimate of drug-likeness (QED) is 0.827. The predicted octanol–water partition coefficient (Wildman–Crippen LogP) is 4.20. The summed E-state index contributed by atoms with van der Waals surface area (Å²) in [6.07, 6.45) is -1.37. The van der Waals surface area contributed by atoms with Crippen molar-refractivity contribution in [3.63, 3.8) is 0 Å². The first-order chi connectivity index (χ1) is 7.84. The molecule has 0 aromatic heterocycles. The van der Waals surface area contributed by atoms with Crippen LogP contribution in [0.15, 0.2) is 22.7 Å². The zero-order valence-electron chi connectivity index (χ0n) is 9.15. The van der Waals surface area contributed by atoms with Crippen molar-refractivity contribution in [2.45, 2.75) is 37.4 Å². The van der Waals surface area contributed by atoms with Gasteiger partial charge >= 0.3 is 6.18 Å². The normalized spacial score (nSPS) is 19.6. The molecule has 0 bridgehead atoms. The number of hydrogen-bond acceptors (Lipinski definition) is 1. The summed E-state index contributed by atoms with van der Waals surface area (Å²) in [6, 6.07) is 4.12. The molecule has 5 heteroatoms. The zero-order valence-corrected chi connectivity index (χ0v) is 10.7. The molecule has 0 heterocycles. The first-order valence-electron chi connectivity index (χ1n) is 5.50. The van der Waals surface area contributed by atoms with Crippen LogP contribution in [0.2, 0.25) is 0 Å². The Morgan fingerprint density at radius 3 is 2.29 bits per heavy atom. The molecule has 1 aliphatic rings. The van der Waals surface area contributed by atoms with Crippen molar-refractivity contribution in [2.24, 2.45) is 5.73 Å². The highest BCUT2D eigenvalue weighted by Crippen LogP contribution is 2.45. The van der Waals surface area contributed by atoms with E-state index in [9.17, 15) is 13.2 Å². The van der Waals surface area contributed by atoms with Crippen LogP contribution in [-0.4, -0.2) is 0 Å². The van der Waals surface area contributed by atoms with Gasteiger partial charge in [-0.25, -0.2) is 0 Å². The molecule has 1 fully saturated rings. The lowest BCUT2D eigenvalue weighted by atomic mass is 9.85. The van der Waals surface area contributed by atoms with Crippen LogP contribution in [0.1, 0.15) is 36.8 Å². The largest absolute Gasteiger partial charge is 0.416 e. The Balaban J connectivity index is 2.59. The van der Waals surface area contributed by atoms with E-state index < -0.39 is 17.3 Å². The SMILES string of the molecule is NC1(c2c(Br)cccc2C(F)(F)F)CCCC1. The minimum Gasteiger partial charge on any atom is -0.321 e. The van der Waals surface area contributed by atoms with Crippen LogP contribution in [-0.2, 0) is 11.7 Å². The summed E-state index contributed by atoms with van der Waals surface area (Å²) in [5.74, 6) is 0. The van der Waals surface area contributed by atoms with Crippen molar-refractivity contribution in [1.82, 2.24) is 0 Å². The number of rotatable bonds is 1. The standard InChI is InChI=1S/C12H13BrF3N/c13-9-5-3-4-8(12(14,15)16)10(9)11(17)6-1-2-7-11/h3-5H,1-2,6-7,17H2. The van der Waals surface area contributed by atoms with Gasteiger partial charge < -0.3 is 5.73 Å². The molecule has 1 aromatic carbocycles. The third kappa shape index (κ3) is 2.36. The van der Waals surface area contributed by atoms with Crippen molar-refractivity contribution < 1.29 is 13.2 Å². The van der Waals surface area contributed by atoms with Crippen molar-refractivity contribution in [2.75, 3.05) is 0 Å². The number of nitrogens with two attached hydrogens (primary N) is 1. The van der Waals surface area contributed by atoms with Gasteiger partial charge in [0.1, 0.15) is 0 Å². The molecule has 0 radical (unpaired) electrons. The lowest BCUT2D eigenvalue weighted by Gasteiger charge is -2.29. The van der Waals surface area contributed by atoms with Crippen LogP contribution in [0.4, 0.5) is 13.2 Å². The van der Waals surface area contributed by atoms with Crippen molar-refractivity contribution >= 4 is 15.9 Å². The second-order valence-corrected chi connectivity index (χ2v) is 5.38. The summed E-state index contributed by atoms with van der Waals surface area (Å²) >= 11 is 3.20. The lowest BCUT2D eigenvalue weighted by molar-refractivity contribution is -0.138. The summed E-state index contributed by atoms with van der Waals surface area (Å²) in [4.78, 5) is 0. The first kappa shape index (κ1) is 12.9. The van der Waals surface area contributed by atoms with Gasteiger partial charge in [-0.15, -0.1) is 0 Å². The Hall–Kier alpha value is -0.550. The molecule has 0 amide bonds. The summed E-state index contributed by atoms with van der Waals surface area (Å²) in [7, 11) is 0. The molecule has 94 valence electrons. The maximum absolute atomic E-state index is 13.0. The Bertz CT molecular complexity index is 422. The summed E-state index contributed by atoms with van der Waals surface area (Å²) in [6.45, 7) is 0. The smallest absolute Gasteiger partial charge is 0.321 e. The minimum absolute atomic E-state index is 0.213. The van der Waals surface area contributed by atoms with E-state index in [0.717, 1.165) is 18.9 Å². The fourth-order valence-corrected chi connectivity index (χ4v) is 3.28. The lowest BCUT2D eigenvalue weighted by Crippen LogP contribution is -2.36. The zero-order chi connectivity index (χ0) is 12.7. The first-order valence-corrected chi connectivity index (χ1v) is 6.29. The fraction of sp³-hybridized carbons (Fsp3) is 0.500. The molecule has 0 saturated heterocycles. The number of hydrogen-bond donors (Lipinski definition) is 1. The van der Waals surface area contributed by atoms with E-state index in [4.69, 9.17) is 5.73 Å². The van der Waals surface area contributed by atoms with Crippen LogP contribution in [0.25, 0.3) is 0 Å². The van der Waals surface area contributed by atoms with E-state index in [2.05, 4.69) is 15.9 Å². The number of benzene rings is 1. The topological polar surface area (TPSA) is 26.0 Å². The van der Waals surface area contributed by atoms with Gasteiger partial charge in [0.05, 0.1) is 5.56 Å². The van der Waals surface area contributed by atoms with Crippen molar-refractivity contribution in [3.8, 4) is 0 Å². The number of halogens is 4. The molecule has 1 nitrogen and oxygen atoms in total. The van der Waals surface area contributed by atoms with Gasteiger partial charge in [0.25, 0.3) is 0 Å². The van der Waals surface area contributed by atoms with Gasteiger partial charge in [-0.3, -0.25) is 0 Å². The maximum atomic E-state index is 13.0. The minimum atomic E-state index is -4.35. The average molecular weight is 308 g/mol.